The summed E-state index contributed by atoms with van der Waals surface area (Å²) in [6, 6.07) is 0. The highest BCUT2D eigenvalue weighted by Crippen LogP contribution is 2.37. The topological polar surface area (TPSA) is 24.7 Å². The SMILES string of the molecule is CC12C=CC=NC1N=CS2. The summed E-state index contributed by atoms with van der Waals surface area (Å²) in [7, 11) is 0. The van der Waals surface area contributed by atoms with E-state index in [1.54, 1.807) is 11.8 Å². The monoisotopic (exact) mass is 152 g/mol. The van der Waals surface area contributed by atoms with Gasteiger partial charge in [-0.2, -0.15) is 0 Å². The van der Waals surface area contributed by atoms with E-state index in [4.69, 9.17) is 0 Å². The highest BCUT2D eigenvalue weighted by atomic mass is 32.2. The minimum Gasteiger partial charge on any atom is -0.265 e. The molecule has 2 nitrogen and oxygen atoms in total. The molecule has 0 N–H and O–H groups in total. The summed E-state index contributed by atoms with van der Waals surface area (Å²) in [5, 5.41) is 0. The lowest BCUT2D eigenvalue weighted by molar-refractivity contribution is 0.619. The first kappa shape index (κ1) is 6.16. The smallest absolute Gasteiger partial charge is 0.158 e. The van der Waals surface area contributed by atoms with E-state index in [-0.39, 0.29) is 10.9 Å². The molecule has 2 rings (SSSR count). The molecule has 0 aromatic heterocycles. The van der Waals surface area contributed by atoms with Gasteiger partial charge in [0, 0.05) is 6.21 Å². The van der Waals surface area contributed by atoms with Crippen molar-refractivity contribution >= 4 is 23.5 Å². The maximum Gasteiger partial charge on any atom is 0.158 e. The van der Waals surface area contributed by atoms with Gasteiger partial charge >= 0.3 is 0 Å². The van der Waals surface area contributed by atoms with Crippen molar-refractivity contribution < 1.29 is 0 Å². The van der Waals surface area contributed by atoms with E-state index in [0.717, 1.165) is 0 Å². The summed E-state index contributed by atoms with van der Waals surface area (Å²) < 4.78 is 0.106. The van der Waals surface area contributed by atoms with Crippen molar-refractivity contribution in [2.24, 2.45) is 9.98 Å². The van der Waals surface area contributed by atoms with Gasteiger partial charge in [-0.05, 0) is 13.0 Å². The average molecular weight is 152 g/mol. The second-order valence-corrected chi connectivity index (χ2v) is 3.91. The molecule has 0 fully saturated rings. The van der Waals surface area contributed by atoms with Gasteiger partial charge in [0.05, 0.1) is 10.3 Å². The number of hydrogen-bond acceptors (Lipinski definition) is 3. The lowest BCUT2D eigenvalue weighted by Crippen LogP contribution is -2.29. The van der Waals surface area contributed by atoms with Crippen LogP contribution in [0.3, 0.4) is 0 Å². The Morgan fingerprint density at radius 1 is 1.50 bits per heavy atom. The van der Waals surface area contributed by atoms with Crippen LogP contribution in [0, 0.1) is 0 Å². The normalized spacial score (nSPS) is 42.3. The largest absolute Gasteiger partial charge is 0.265 e. The quantitative estimate of drug-likeness (QED) is 0.516. The van der Waals surface area contributed by atoms with Crippen molar-refractivity contribution in [3.8, 4) is 0 Å². The summed E-state index contributed by atoms with van der Waals surface area (Å²) >= 11 is 1.74. The number of thioether (sulfide) groups is 1. The molecule has 0 aromatic carbocycles. The van der Waals surface area contributed by atoms with Gasteiger partial charge in [0.1, 0.15) is 0 Å². The lowest BCUT2D eigenvalue weighted by atomic mass is 10.1. The Morgan fingerprint density at radius 3 is 3.20 bits per heavy atom. The molecule has 0 saturated heterocycles. The molecule has 3 heteroatoms. The summed E-state index contributed by atoms with van der Waals surface area (Å²) in [4.78, 5) is 8.45. The van der Waals surface area contributed by atoms with Gasteiger partial charge in [0.15, 0.2) is 6.17 Å². The molecule has 2 unspecified atom stereocenters. The fourth-order valence-electron chi connectivity index (χ4n) is 1.09. The van der Waals surface area contributed by atoms with Gasteiger partial charge in [0.25, 0.3) is 0 Å². The fraction of sp³-hybridized carbons (Fsp3) is 0.429. The lowest BCUT2D eigenvalue weighted by Gasteiger charge is -2.23. The minimum absolute atomic E-state index is 0.106. The van der Waals surface area contributed by atoms with Crippen LogP contribution in [0.15, 0.2) is 22.1 Å². The number of dihydropyridines is 1. The Kier molecular flexibility index (Phi) is 1.20. The average Bonchev–Trinajstić information content (AvgIpc) is 2.29. The molecule has 0 aromatic rings. The van der Waals surface area contributed by atoms with E-state index in [1.807, 2.05) is 17.8 Å². The second-order valence-electron chi connectivity index (χ2n) is 2.59. The van der Waals surface area contributed by atoms with E-state index in [0.29, 0.717) is 0 Å². The van der Waals surface area contributed by atoms with Crippen LogP contribution in [0.25, 0.3) is 0 Å². The number of hydrogen-bond donors (Lipinski definition) is 0. The molecule has 52 valence electrons. The fourth-order valence-corrected chi connectivity index (χ4v) is 1.89. The molecular formula is C7H8N2S. The van der Waals surface area contributed by atoms with Gasteiger partial charge in [-0.1, -0.05) is 17.8 Å². The predicted molar refractivity (Wildman–Crippen MR) is 45.9 cm³/mol. The third-order valence-electron chi connectivity index (χ3n) is 1.76. The van der Waals surface area contributed by atoms with Gasteiger partial charge in [-0.3, -0.25) is 9.98 Å². The van der Waals surface area contributed by atoms with Crippen molar-refractivity contribution in [1.29, 1.82) is 0 Å². The van der Waals surface area contributed by atoms with Crippen LogP contribution >= 0.6 is 11.8 Å². The summed E-state index contributed by atoms with van der Waals surface area (Å²) in [5.41, 5.74) is 1.89. The Hall–Kier alpha value is -0.570. The molecule has 0 amide bonds. The van der Waals surface area contributed by atoms with Gasteiger partial charge < -0.3 is 0 Å². The van der Waals surface area contributed by atoms with Crippen molar-refractivity contribution in [2.45, 2.75) is 17.8 Å². The van der Waals surface area contributed by atoms with Crippen LogP contribution in [0.4, 0.5) is 0 Å². The Balaban J connectivity index is 2.35. The summed E-state index contributed by atoms with van der Waals surface area (Å²) in [5.74, 6) is 0. The zero-order valence-corrected chi connectivity index (χ0v) is 6.51. The van der Waals surface area contributed by atoms with E-state index in [9.17, 15) is 0 Å². The molecule has 0 saturated carbocycles. The van der Waals surface area contributed by atoms with E-state index < -0.39 is 0 Å². The highest BCUT2D eigenvalue weighted by Gasteiger charge is 2.35. The Morgan fingerprint density at radius 2 is 2.40 bits per heavy atom. The number of fused-ring (bicyclic) bond motifs is 1. The molecule has 2 atom stereocenters. The van der Waals surface area contributed by atoms with E-state index in [1.165, 1.54) is 0 Å². The molecule has 0 bridgehead atoms. The summed E-state index contributed by atoms with van der Waals surface area (Å²) in [6.45, 7) is 2.16. The third kappa shape index (κ3) is 0.736. The van der Waals surface area contributed by atoms with E-state index >= 15 is 0 Å². The number of nitrogens with zero attached hydrogens (tertiary/aromatic N) is 2. The zero-order valence-electron chi connectivity index (χ0n) is 5.69. The van der Waals surface area contributed by atoms with Crippen molar-refractivity contribution in [2.75, 3.05) is 0 Å². The molecule has 10 heavy (non-hydrogen) atoms. The summed E-state index contributed by atoms with van der Waals surface area (Å²) in [6.07, 6.45) is 6.08. The number of allylic oxidation sites excluding steroid dienone is 1. The van der Waals surface area contributed by atoms with Crippen LogP contribution in [0.2, 0.25) is 0 Å². The molecular weight excluding hydrogens is 144 g/mol. The van der Waals surface area contributed by atoms with Crippen LogP contribution in [0.5, 0.6) is 0 Å². The van der Waals surface area contributed by atoms with Crippen molar-refractivity contribution in [1.82, 2.24) is 0 Å². The standard InChI is InChI=1S/C7H8N2S/c1-7-3-2-4-8-6(7)9-5-10-7/h2-6H,1H3. The highest BCUT2D eigenvalue weighted by molar-refractivity contribution is 8.13. The second kappa shape index (κ2) is 1.95. The number of aliphatic imine (C=N–C) groups is 2. The minimum atomic E-state index is 0.106. The third-order valence-corrected chi connectivity index (χ3v) is 2.84. The molecule has 2 heterocycles. The maximum atomic E-state index is 4.23. The maximum absolute atomic E-state index is 4.23. The number of rotatable bonds is 0. The Labute approximate surface area is 64.1 Å². The van der Waals surface area contributed by atoms with Crippen LogP contribution in [0.1, 0.15) is 6.92 Å². The van der Waals surface area contributed by atoms with Gasteiger partial charge in [0.2, 0.25) is 0 Å². The molecule has 0 radical (unpaired) electrons. The first-order valence-electron chi connectivity index (χ1n) is 3.22. The van der Waals surface area contributed by atoms with Crippen LogP contribution in [-0.2, 0) is 0 Å². The van der Waals surface area contributed by atoms with Crippen molar-refractivity contribution in [3.63, 3.8) is 0 Å². The van der Waals surface area contributed by atoms with Crippen LogP contribution in [-0.4, -0.2) is 22.7 Å². The predicted octanol–water partition coefficient (Wildman–Crippen LogP) is 1.49. The van der Waals surface area contributed by atoms with Gasteiger partial charge in [-0.25, -0.2) is 0 Å². The first-order valence-corrected chi connectivity index (χ1v) is 4.10. The molecule has 0 aliphatic carbocycles. The zero-order chi connectivity index (χ0) is 7.03. The molecule has 2 aliphatic rings. The molecule has 2 aliphatic heterocycles. The van der Waals surface area contributed by atoms with E-state index in [2.05, 4.69) is 23.0 Å². The van der Waals surface area contributed by atoms with Crippen molar-refractivity contribution in [3.05, 3.63) is 12.2 Å². The first-order chi connectivity index (χ1) is 4.81. The van der Waals surface area contributed by atoms with Crippen LogP contribution < -0.4 is 0 Å². The Bertz CT molecular complexity index is 232. The van der Waals surface area contributed by atoms with Gasteiger partial charge in [-0.15, -0.1) is 0 Å². The molecule has 0 spiro atoms.